The molecule has 2 aliphatic heterocycles. The first-order valence-corrected chi connectivity index (χ1v) is 26.0. The Hall–Kier alpha value is -3.14. The van der Waals surface area contributed by atoms with Crippen molar-refractivity contribution in [2.75, 3.05) is 157 Å². The fourth-order valence-electron chi connectivity index (χ4n) is 7.62. The Bertz CT molecular complexity index is 1470. The maximum atomic E-state index is 13.2. The Labute approximate surface area is 412 Å². The van der Waals surface area contributed by atoms with Crippen LogP contribution in [0.25, 0.3) is 0 Å². The second-order valence-electron chi connectivity index (χ2n) is 16.9. The number of amides is 4. The highest BCUT2D eigenvalue weighted by Gasteiger charge is 2.45. The van der Waals surface area contributed by atoms with Gasteiger partial charge < -0.3 is 57.4 Å². The van der Waals surface area contributed by atoms with Gasteiger partial charge in [-0.15, -0.1) is 0 Å². The molecule has 18 heteroatoms. The number of hydrogen-bond acceptors (Lipinski definition) is 16. The van der Waals surface area contributed by atoms with Gasteiger partial charge in [-0.3, -0.25) is 29.4 Å². The molecule has 4 amide bonds. The molecule has 396 valence electrons. The van der Waals surface area contributed by atoms with Gasteiger partial charge in [-0.05, 0) is 25.0 Å². The lowest BCUT2D eigenvalue weighted by molar-refractivity contribution is -0.136. The third-order valence-corrected chi connectivity index (χ3v) is 11.4. The van der Waals surface area contributed by atoms with Gasteiger partial charge in [0.05, 0.1) is 150 Å². The zero-order chi connectivity index (χ0) is 49.1. The molecule has 0 bridgehead atoms. The molecule has 69 heavy (non-hydrogen) atoms. The predicted octanol–water partition coefficient (Wildman–Crippen LogP) is 6.16. The highest BCUT2D eigenvalue weighted by molar-refractivity contribution is 6.25. The molecule has 0 aliphatic carbocycles. The quantitative estimate of drug-likeness (QED) is 0.0556. The maximum absolute atomic E-state index is 13.2. The van der Waals surface area contributed by atoms with Crippen LogP contribution in [0.2, 0.25) is 0 Å². The molecule has 0 saturated carbocycles. The van der Waals surface area contributed by atoms with E-state index in [0.717, 1.165) is 17.9 Å². The van der Waals surface area contributed by atoms with Crippen molar-refractivity contribution in [1.82, 2.24) is 10.2 Å². The van der Waals surface area contributed by atoms with E-state index in [4.69, 9.17) is 52.1 Å². The molecule has 0 aromatic heterocycles. The van der Waals surface area contributed by atoms with Gasteiger partial charge in [-0.2, -0.15) is 0 Å². The highest BCUT2D eigenvalue weighted by atomic mass is 16.6. The number of carbonyl (C=O) groups is 4. The summed E-state index contributed by atoms with van der Waals surface area (Å²) in [5, 5.41) is 5.34. The number of anilines is 1. The van der Waals surface area contributed by atoms with E-state index in [1.807, 2.05) is 0 Å². The van der Waals surface area contributed by atoms with Crippen molar-refractivity contribution in [3.05, 3.63) is 29.3 Å². The smallest absolute Gasteiger partial charge is 0.264 e. The molecular weight excluding hydrogens is 895 g/mol. The number of rotatable bonds is 50. The first-order valence-electron chi connectivity index (χ1n) is 26.0. The van der Waals surface area contributed by atoms with Crippen molar-refractivity contribution in [1.29, 1.82) is 0 Å². The molecule has 1 aromatic carbocycles. The average molecular weight is 982 g/mol. The topological polar surface area (TPSA) is 197 Å². The van der Waals surface area contributed by atoms with E-state index in [-0.39, 0.29) is 24.0 Å². The zero-order valence-corrected chi connectivity index (χ0v) is 42.0. The molecular formula is C51H87N3O15. The lowest BCUT2D eigenvalue weighted by Gasteiger charge is -2.27. The van der Waals surface area contributed by atoms with Crippen LogP contribution in [0, 0.1) is 0 Å². The van der Waals surface area contributed by atoms with E-state index in [1.54, 1.807) is 18.2 Å². The molecule has 1 saturated heterocycles. The summed E-state index contributed by atoms with van der Waals surface area (Å²) in [6, 6.07) is 3.91. The first-order chi connectivity index (χ1) is 34.0. The Kier molecular flexibility index (Phi) is 37.1. The van der Waals surface area contributed by atoms with Crippen LogP contribution < -0.4 is 10.6 Å². The number of hydrogen-bond donors (Lipinski definition) is 2. The molecule has 1 aromatic rings. The number of nitrogens with one attached hydrogen (secondary N) is 2. The number of benzene rings is 1. The van der Waals surface area contributed by atoms with Crippen LogP contribution in [0.3, 0.4) is 0 Å². The minimum atomic E-state index is -1.01. The number of piperidine rings is 1. The molecule has 0 spiro atoms. The van der Waals surface area contributed by atoms with E-state index in [1.165, 1.54) is 83.5 Å². The first kappa shape index (κ1) is 60.2. The van der Waals surface area contributed by atoms with Gasteiger partial charge in [-0.1, -0.05) is 96.5 Å². The lowest BCUT2D eigenvalue weighted by atomic mass is 10.0. The summed E-state index contributed by atoms with van der Waals surface area (Å²) < 4.78 is 61.1. The normalized spacial score (nSPS) is 14.9. The Morgan fingerprint density at radius 2 is 0.826 bits per heavy atom. The fraction of sp³-hybridized carbons (Fsp3) is 0.804. The Morgan fingerprint density at radius 3 is 1.22 bits per heavy atom. The van der Waals surface area contributed by atoms with Gasteiger partial charge in [0.15, 0.2) is 0 Å². The largest absolute Gasteiger partial charge is 0.382 e. The SMILES string of the molecule is CCCCCCCCCCCCCCCCOCCOCCOCCOCCOCCOCCOCCOCCOCCOCCOCCNc1cccc2c1C(=O)N(C1CCC(=O)NC1=O)C2=O. The predicted molar refractivity (Wildman–Crippen MR) is 261 cm³/mol. The van der Waals surface area contributed by atoms with Crippen LogP contribution in [0.15, 0.2) is 18.2 Å². The lowest BCUT2D eigenvalue weighted by Crippen LogP contribution is -2.54. The summed E-state index contributed by atoms with van der Waals surface area (Å²) in [6.45, 7) is 13.6. The Morgan fingerprint density at radius 1 is 0.464 bits per heavy atom. The van der Waals surface area contributed by atoms with Crippen molar-refractivity contribution < 1.29 is 71.3 Å². The van der Waals surface area contributed by atoms with E-state index in [0.29, 0.717) is 151 Å². The summed E-state index contributed by atoms with van der Waals surface area (Å²) in [7, 11) is 0. The summed E-state index contributed by atoms with van der Waals surface area (Å²) in [6.07, 6.45) is 19.3. The minimum Gasteiger partial charge on any atom is -0.382 e. The molecule has 18 nitrogen and oxygen atoms in total. The number of nitrogens with zero attached hydrogens (tertiary/aromatic N) is 1. The van der Waals surface area contributed by atoms with E-state index < -0.39 is 29.7 Å². The van der Waals surface area contributed by atoms with Crippen molar-refractivity contribution >= 4 is 29.3 Å². The van der Waals surface area contributed by atoms with Crippen LogP contribution in [-0.4, -0.2) is 186 Å². The fourth-order valence-corrected chi connectivity index (χ4v) is 7.62. The van der Waals surface area contributed by atoms with Crippen molar-refractivity contribution in [2.45, 2.75) is 116 Å². The van der Waals surface area contributed by atoms with Crippen LogP contribution in [0.5, 0.6) is 0 Å². The molecule has 2 aliphatic rings. The summed E-state index contributed by atoms with van der Waals surface area (Å²) in [5.41, 5.74) is 0.912. The molecule has 2 heterocycles. The number of carbonyl (C=O) groups excluding carboxylic acids is 4. The average Bonchev–Trinajstić information content (AvgIpc) is 3.60. The summed E-state index contributed by atoms with van der Waals surface area (Å²) in [5.74, 6) is -2.16. The van der Waals surface area contributed by atoms with Gasteiger partial charge in [-0.25, -0.2) is 0 Å². The van der Waals surface area contributed by atoms with E-state index >= 15 is 0 Å². The van der Waals surface area contributed by atoms with E-state index in [2.05, 4.69) is 17.6 Å². The summed E-state index contributed by atoms with van der Waals surface area (Å²) in [4.78, 5) is 51.0. The van der Waals surface area contributed by atoms with Gasteiger partial charge in [0, 0.05) is 25.3 Å². The monoisotopic (exact) mass is 982 g/mol. The highest BCUT2D eigenvalue weighted by Crippen LogP contribution is 2.32. The number of ether oxygens (including phenoxy) is 11. The molecule has 1 fully saturated rings. The number of unbranched alkanes of at least 4 members (excludes halogenated alkanes) is 13. The molecule has 1 unspecified atom stereocenters. The van der Waals surface area contributed by atoms with Crippen LogP contribution >= 0.6 is 0 Å². The van der Waals surface area contributed by atoms with Gasteiger partial charge in [0.25, 0.3) is 11.8 Å². The summed E-state index contributed by atoms with van der Waals surface area (Å²) >= 11 is 0. The molecule has 1 atom stereocenters. The molecule has 0 radical (unpaired) electrons. The second kappa shape index (κ2) is 42.5. The number of imide groups is 2. The third kappa shape index (κ3) is 29.1. The van der Waals surface area contributed by atoms with Gasteiger partial charge >= 0.3 is 0 Å². The Balaban J connectivity index is 0.930. The van der Waals surface area contributed by atoms with Crippen molar-refractivity contribution in [3.63, 3.8) is 0 Å². The zero-order valence-electron chi connectivity index (χ0n) is 42.0. The van der Waals surface area contributed by atoms with Crippen LogP contribution in [0.4, 0.5) is 5.69 Å². The standard InChI is InChI=1S/C51H87N3O15/c1-2-3-4-5-6-7-8-9-10-11-12-13-14-15-22-59-24-26-61-28-30-63-32-34-65-36-38-67-40-42-69-43-41-68-39-37-66-35-33-64-31-29-62-27-25-60-23-21-52-45-18-16-17-44-48(45)51(58)54(50(44)57)46-19-20-47(55)53-49(46)56/h16-18,46,52H,2-15,19-43H2,1H3,(H,53,55,56). The van der Waals surface area contributed by atoms with Crippen molar-refractivity contribution in [3.8, 4) is 0 Å². The van der Waals surface area contributed by atoms with Crippen LogP contribution in [0.1, 0.15) is 130 Å². The van der Waals surface area contributed by atoms with Gasteiger partial charge in [0.1, 0.15) is 6.04 Å². The number of fused-ring (bicyclic) bond motifs is 1. The van der Waals surface area contributed by atoms with Crippen molar-refractivity contribution in [2.24, 2.45) is 0 Å². The second-order valence-corrected chi connectivity index (χ2v) is 16.9. The van der Waals surface area contributed by atoms with Gasteiger partial charge in [0.2, 0.25) is 11.8 Å². The maximum Gasteiger partial charge on any atom is 0.264 e. The third-order valence-electron chi connectivity index (χ3n) is 11.4. The molecule has 3 rings (SSSR count). The van der Waals surface area contributed by atoms with E-state index in [9.17, 15) is 19.2 Å². The molecule has 2 N–H and O–H groups in total. The van der Waals surface area contributed by atoms with Crippen LogP contribution in [-0.2, 0) is 61.7 Å². The minimum absolute atomic E-state index is 0.0659.